The Labute approximate surface area is 196 Å². The van der Waals surface area contributed by atoms with E-state index in [1.54, 1.807) is 5.48 Å². The summed E-state index contributed by atoms with van der Waals surface area (Å²) in [5.74, 6) is -0.651. The van der Waals surface area contributed by atoms with Crippen molar-refractivity contribution in [1.82, 2.24) is 15.4 Å². The Morgan fingerprint density at radius 1 is 1.28 bits per heavy atom. The molecule has 0 saturated carbocycles. The van der Waals surface area contributed by atoms with Crippen molar-refractivity contribution >= 4 is 46.1 Å². The summed E-state index contributed by atoms with van der Waals surface area (Å²) in [5, 5.41) is 20.6. The van der Waals surface area contributed by atoms with Crippen LogP contribution in [0.2, 0.25) is 10.0 Å². The van der Waals surface area contributed by atoms with Gasteiger partial charge in [0, 0.05) is 52.9 Å². The minimum atomic E-state index is -0.651. The van der Waals surface area contributed by atoms with Crippen LogP contribution in [-0.4, -0.2) is 45.8 Å². The maximum Gasteiger partial charge on any atom is 0.267 e. The smallest absolute Gasteiger partial charge is 0.267 e. The van der Waals surface area contributed by atoms with E-state index in [9.17, 15) is 9.90 Å². The van der Waals surface area contributed by atoms with E-state index in [-0.39, 0.29) is 12.6 Å². The molecule has 3 aromatic rings. The first-order valence-electron chi connectivity index (χ1n) is 10.6. The molecule has 1 aliphatic carbocycles. The number of hydrogen-bond acceptors (Lipinski definition) is 4. The molecule has 1 aliphatic rings. The van der Waals surface area contributed by atoms with Crippen molar-refractivity contribution in [3.63, 3.8) is 0 Å². The summed E-state index contributed by atoms with van der Waals surface area (Å²) >= 11 is 13.2. The predicted octanol–water partition coefficient (Wildman–Crippen LogP) is 4.52. The van der Waals surface area contributed by atoms with E-state index < -0.39 is 5.91 Å². The molecular weight excluding hydrogens is 449 g/mol. The van der Waals surface area contributed by atoms with Gasteiger partial charge in [-0.3, -0.25) is 14.9 Å². The van der Waals surface area contributed by atoms with E-state index in [1.807, 2.05) is 18.2 Å². The van der Waals surface area contributed by atoms with Gasteiger partial charge < -0.3 is 10.1 Å². The number of nitrogens with zero attached hydrogens (tertiary/aromatic N) is 1. The standard InChI is InChI=1S/C24H25Cl2N3O3/c25-20-13-19-17(24(26)18(20)6-8-23(31)28-32)5-7-22(19)29(11-12-30)10-9-15-14-27-21-4-2-1-3-16(15)21/h1-4,6,8,13-14,22,27,30,32H,5,7,9-12H2,(H,28,31)/b8-6+. The highest BCUT2D eigenvalue weighted by atomic mass is 35.5. The number of carbonyl (C=O) groups is 1. The van der Waals surface area contributed by atoms with Gasteiger partial charge in [-0.1, -0.05) is 41.4 Å². The number of halogens is 2. The van der Waals surface area contributed by atoms with Crippen molar-refractivity contribution in [2.45, 2.75) is 25.3 Å². The summed E-state index contributed by atoms with van der Waals surface area (Å²) in [4.78, 5) is 16.9. The zero-order valence-corrected chi connectivity index (χ0v) is 19.0. The fourth-order valence-corrected chi connectivity index (χ4v) is 5.26. The number of aromatic nitrogens is 1. The summed E-state index contributed by atoms with van der Waals surface area (Å²) in [5.41, 5.74) is 6.57. The molecule has 4 N–H and O–H groups in total. The van der Waals surface area contributed by atoms with Crippen molar-refractivity contribution in [2.24, 2.45) is 0 Å². The number of benzene rings is 2. The SMILES string of the molecule is O=C(/C=C/c1c(Cl)cc2c(c1Cl)CCC2N(CCO)CCc1c[nH]c2ccccc12)NO. The Morgan fingerprint density at radius 2 is 2.09 bits per heavy atom. The second-order valence-electron chi connectivity index (χ2n) is 7.89. The molecule has 8 heteroatoms. The van der Waals surface area contributed by atoms with Crippen LogP contribution in [-0.2, 0) is 17.6 Å². The molecular formula is C24H25Cl2N3O3. The molecule has 6 nitrogen and oxygen atoms in total. The largest absolute Gasteiger partial charge is 0.395 e. The molecule has 4 rings (SSSR count). The maximum atomic E-state index is 11.3. The second kappa shape index (κ2) is 10.1. The van der Waals surface area contributed by atoms with Gasteiger partial charge in [0.2, 0.25) is 0 Å². The maximum absolute atomic E-state index is 11.3. The predicted molar refractivity (Wildman–Crippen MR) is 127 cm³/mol. The van der Waals surface area contributed by atoms with Crippen molar-refractivity contribution in [3.05, 3.63) is 74.9 Å². The number of fused-ring (bicyclic) bond motifs is 2. The number of aromatic amines is 1. The monoisotopic (exact) mass is 473 g/mol. The molecule has 0 saturated heterocycles. The van der Waals surface area contributed by atoms with Gasteiger partial charge in [-0.2, -0.15) is 0 Å². The molecule has 168 valence electrons. The molecule has 0 fully saturated rings. The molecule has 32 heavy (non-hydrogen) atoms. The molecule has 1 heterocycles. The highest BCUT2D eigenvalue weighted by molar-refractivity contribution is 6.38. The van der Waals surface area contributed by atoms with Crippen LogP contribution in [0.5, 0.6) is 0 Å². The minimum Gasteiger partial charge on any atom is -0.395 e. The molecule has 1 aromatic heterocycles. The summed E-state index contributed by atoms with van der Waals surface area (Å²) < 4.78 is 0. The van der Waals surface area contributed by atoms with Crippen LogP contribution in [0.1, 0.15) is 34.7 Å². The molecule has 0 aliphatic heterocycles. The molecule has 1 atom stereocenters. The van der Waals surface area contributed by atoms with E-state index in [0.717, 1.165) is 42.5 Å². The third-order valence-corrected chi connectivity index (χ3v) is 6.84. The van der Waals surface area contributed by atoms with Crippen LogP contribution in [0.25, 0.3) is 17.0 Å². The lowest BCUT2D eigenvalue weighted by Crippen LogP contribution is -2.32. The number of rotatable bonds is 8. The first kappa shape index (κ1) is 22.8. The Kier molecular flexibility index (Phi) is 7.18. The number of amides is 1. The Balaban J connectivity index is 1.57. The van der Waals surface area contributed by atoms with Gasteiger partial charge >= 0.3 is 0 Å². The summed E-state index contributed by atoms with van der Waals surface area (Å²) in [7, 11) is 0. The number of hydroxylamine groups is 1. The van der Waals surface area contributed by atoms with Crippen LogP contribution in [0, 0.1) is 0 Å². The number of para-hydroxylation sites is 1. The zero-order chi connectivity index (χ0) is 22.7. The zero-order valence-electron chi connectivity index (χ0n) is 17.4. The van der Waals surface area contributed by atoms with Crippen LogP contribution in [0.15, 0.2) is 42.6 Å². The summed E-state index contributed by atoms with van der Waals surface area (Å²) in [6.45, 7) is 1.42. The minimum absolute atomic E-state index is 0.0677. The molecule has 1 amide bonds. The lowest BCUT2D eigenvalue weighted by Gasteiger charge is -2.29. The van der Waals surface area contributed by atoms with E-state index in [2.05, 4.69) is 28.2 Å². The van der Waals surface area contributed by atoms with E-state index >= 15 is 0 Å². The number of carbonyl (C=O) groups excluding carboxylic acids is 1. The van der Waals surface area contributed by atoms with Crippen LogP contribution in [0.4, 0.5) is 0 Å². The summed E-state index contributed by atoms with van der Waals surface area (Å²) in [6.07, 6.45) is 7.27. The highest BCUT2D eigenvalue weighted by Crippen LogP contribution is 2.43. The lowest BCUT2D eigenvalue weighted by atomic mass is 10.0. The van der Waals surface area contributed by atoms with Crippen molar-refractivity contribution in [2.75, 3.05) is 19.7 Å². The highest BCUT2D eigenvalue weighted by Gasteiger charge is 2.31. The van der Waals surface area contributed by atoms with Gasteiger partial charge in [0.25, 0.3) is 5.91 Å². The van der Waals surface area contributed by atoms with E-state index in [4.69, 9.17) is 28.4 Å². The van der Waals surface area contributed by atoms with Crippen LogP contribution < -0.4 is 5.48 Å². The van der Waals surface area contributed by atoms with Crippen molar-refractivity contribution < 1.29 is 15.1 Å². The number of aliphatic hydroxyl groups is 1. The number of aliphatic hydroxyl groups excluding tert-OH is 1. The Bertz CT molecular complexity index is 1160. The van der Waals surface area contributed by atoms with E-state index in [1.165, 1.54) is 23.1 Å². The fraction of sp³-hybridized carbons (Fsp3) is 0.292. The quantitative estimate of drug-likeness (QED) is 0.220. The van der Waals surface area contributed by atoms with Gasteiger partial charge in [0.1, 0.15) is 0 Å². The first-order chi connectivity index (χ1) is 15.5. The molecule has 0 spiro atoms. The van der Waals surface area contributed by atoms with Gasteiger partial charge in [0.05, 0.1) is 11.6 Å². The Morgan fingerprint density at radius 3 is 2.88 bits per heavy atom. The third-order valence-electron chi connectivity index (χ3n) is 6.10. The molecule has 1 unspecified atom stereocenters. The van der Waals surface area contributed by atoms with Crippen LogP contribution >= 0.6 is 23.2 Å². The third kappa shape index (κ3) is 4.56. The molecule has 2 aromatic carbocycles. The van der Waals surface area contributed by atoms with E-state index in [0.29, 0.717) is 22.2 Å². The summed E-state index contributed by atoms with van der Waals surface area (Å²) in [6, 6.07) is 10.3. The first-order valence-corrected chi connectivity index (χ1v) is 11.3. The number of hydrogen-bond donors (Lipinski definition) is 4. The number of H-pyrrole nitrogens is 1. The molecule has 0 bridgehead atoms. The molecule has 0 radical (unpaired) electrons. The fourth-order valence-electron chi connectivity index (χ4n) is 4.57. The van der Waals surface area contributed by atoms with Gasteiger partial charge in [-0.15, -0.1) is 0 Å². The van der Waals surface area contributed by atoms with Gasteiger partial charge in [0.15, 0.2) is 0 Å². The van der Waals surface area contributed by atoms with Crippen molar-refractivity contribution in [1.29, 1.82) is 0 Å². The normalized spacial score (nSPS) is 15.7. The van der Waals surface area contributed by atoms with Crippen LogP contribution in [0.3, 0.4) is 0 Å². The lowest BCUT2D eigenvalue weighted by molar-refractivity contribution is -0.124. The van der Waals surface area contributed by atoms with Crippen molar-refractivity contribution in [3.8, 4) is 0 Å². The average Bonchev–Trinajstić information content (AvgIpc) is 3.40. The number of nitrogens with one attached hydrogen (secondary N) is 2. The van der Waals surface area contributed by atoms with Gasteiger partial charge in [-0.25, -0.2) is 5.48 Å². The average molecular weight is 474 g/mol. The van der Waals surface area contributed by atoms with Gasteiger partial charge in [-0.05, 0) is 54.2 Å². The second-order valence-corrected chi connectivity index (χ2v) is 8.67. The topological polar surface area (TPSA) is 88.6 Å². The Hall–Kier alpha value is -2.35.